The molecule has 208 valence electrons. The molecule has 11 heteroatoms. The van der Waals surface area contributed by atoms with Gasteiger partial charge in [-0.15, -0.1) is 0 Å². The first-order chi connectivity index (χ1) is 18.1. The first-order valence-electron chi connectivity index (χ1n) is 13.1. The lowest BCUT2D eigenvalue weighted by molar-refractivity contribution is -0.145. The van der Waals surface area contributed by atoms with Gasteiger partial charge in [-0.05, 0) is 55.2 Å². The molecule has 1 aromatic carbocycles. The number of aromatic amines is 1. The number of nitrogens with zero attached hydrogens (tertiary/aromatic N) is 1. The van der Waals surface area contributed by atoms with Gasteiger partial charge in [0.2, 0.25) is 17.7 Å². The minimum atomic E-state index is -1.15. The number of benzene rings is 1. The normalized spacial score (nSPS) is 17.8. The topological polar surface area (TPSA) is 158 Å². The van der Waals surface area contributed by atoms with Crippen molar-refractivity contribution in [3.63, 3.8) is 0 Å². The van der Waals surface area contributed by atoms with Crippen molar-refractivity contribution in [3.8, 4) is 0 Å². The number of carboxylic acids is 1. The van der Waals surface area contributed by atoms with Crippen LogP contribution in [0.15, 0.2) is 30.5 Å². The number of para-hydroxylation sites is 1. The lowest BCUT2D eigenvalue weighted by Crippen LogP contribution is -2.57. The van der Waals surface area contributed by atoms with Gasteiger partial charge in [0.15, 0.2) is 0 Å². The van der Waals surface area contributed by atoms with Crippen molar-refractivity contribution in [3.05, 3.63) is 36.0 Å². The van der Waals surface area contributed by atoms with Gasteiger partial charge >= 0.3 is 5.97 Å². The molecular formula is C27H39N5O5S. The molecule has 38 heavy (non-hydrogen) atoms. The van der Waals surface area contributed by atoms with Gasteiger partial charge in [-0.3, -0.25) is 14.4 Å². The van der Waals surface area contributed by atoms with Crippen LogP contribution < -0.4 is 16.4 Å². The SMILES string of the molecule is CSCCC(NC(=O)C(N)CC(C)C)C(=O)N1CCCC1C(=O)NC(Cc1c[nH]c2ccccc12)C(=O)O. The predicted octanol–water partition coefficient (Wildman–Crippen LogP) is 1.88. The number of likely N-dealkylation sites (tertiary alicyclic amines) is 1. The fraction of sp³-hybridized carbons (Fsp3) is 0.556. The number of thioether (sulfide) groups is 1. The molecule has 1 aliphatic rings. The first-order valence-corrected chi connectivity index (χ1v) is 14.4. The maximum atomic E-state index is 13.5. The van der Waals surface area contributed by atoms with E-state index in [9.17, 15) is 24.3 Å². The number of nitrogens with one attached hydrogen (secondary N) is 3. The predicted molar refractivity (Wildman–Crippen MR) is 149 cm³/mol. The molecule has 0 bridgehead atoms. The summed E-state index contributed by atoms with van der Waals surface area (Å²) in [6.45, 7) is 4.31. The lowest BCUT2D eigenvalue weighted by Gasteiger charge is -2.30. The van der Waals surface area contributed by atoms with Crippen LogP contribution in [-0.2, 0) is 25.6 Å². The Labute approximate surface area is 227 Å². The number of carbonyl (C=O) groups is 4. The molecule has 6 N–H and O–H groups in total. The molecule has 4 unspecified atom stereocenters. The smallest absolute Gasteiger partial charge is 0.326 e. The molecule has 1 aliphatic heterocycles. The van der Waals surface area contributed by atoms with Gasteiger partial charge < -0.3 is 31.4 Å². The lowest BCUT2D eigenvalue weighted by atomic mass is 10.0. The number of amides is 3. The number of hydrogen-bond acceptors (Lipinski definition) is 6. The van der Waals surface area contributed by atoms with Crippen molar-refractivity contribution in [2.75, 3.05) is 18.6 Å². The van der Waals surface area contributed by atoms with Crippen LogP contribution in [0.5, 0.6) is 0 Å². The van der Waals surface area contributed by atoms with E-state index < -0.39 is 36.0 Å². The molecule has 0 saturated carbocycles. The zero-order valence-corrected chi connectivity index (χ0v) is 23.1. The fourth-order valence-electron chi connectivity index (χ4n) is 4.88. The summed E-state index contributed by atoms with van der Waals surface area (Å²) in [5, 5.41) is 16.2. The third-order valence-electron chi connectivity index (χ3n) is 6.84. The summed E-state index contributed by atoms with van der Waals surface area (Å²) >= 11 is 1.56. The molecule has 0 spiro atoms. The monoisotopic (exact) mass is 545 g/mol. The molecule has 0 radical (unpaired) electrons. The van der Waals surface area contributed by atoms with E-state index in [2.05, 4.69) is 15.6 Å². The molecule has 0 aliphatic carbocycles. The van der Waals surface area contributed by atoms with Gasteiger partial charge in [0, 0.05) is 30.1 Å². The van der Waals surface area contributed by atoms with Crippen molar-refractivity contribution in [2.24, 2.45) is 11.7 Å². The molecule has 3 amide bonds. The second-order valence-electron chi connectivity index (χ2n) is 10.2. The summed E-state index contributed by atoms with van der Waals surface area (Å²) in [5.74, 6) is -1.51. The van der Waals surface area contributed by atoms with Crippen LogP contribution in [-0.4, -0.2) is 81.4 Å². The number of fused-ring (bicyclic) bond motifs is 1. The number of nitrogens with two attached hydrogens (primary N) is 1. The van der Waals surface area contributed by atoms with Crippen molar-refractivity contribution >= 4 is 46.4 Å². The van der Waals surface area contributed by atoms with E-state index in [1.807, 2.05) is 44.4 Å². The molecule has 1 saturated heterocycles. The van der Waals surface area contributed by atoms with Crippen molar-refractivity contribution in [2.45, 2.75) is 70.1 Å². The number of carboxylic acid groups (broad SMARTS) is 1. The average molecular weight is 546 g/mol. The fourth-order valence-corrected chi connectivity index (χ4v) is 5.35. The minimum absolute atomic E-state index is 0.103. The van der Waals surface area contributed by atoms with Crippen molar-refractivity contribution in [1.29, 1.82) is 0 Å². The van der Waals surface area contributed by atoms with Crippen LogP contribution in [0.1, 0.15) is 45.1 Å². The Morgan fingerprint density at radius 2 is 1.92 bits per heavy atom. The second-order valence-corrected chi connectivity index (χ2v) is 11.2. The third kappa shape index (κ3) is 7.50. The van der Waals surface area contributed by atoms with Crippen LogP contribution in [0.4, 0.5) is 0 Å². The highest BCUT2D eigenvalue weighted by Gasteiger charge is 2.39. The standard InChI is InChI=1S/C27H39N5O5S/c1-16(2)13-19(28)24(33)30-21(10-12-38-3)26(35)32-11-6-9-23(32)25(34)31-22(27(36)37)14-17-15-29-20-8-5-4-7-18(17)20/h4-5,7-8,15-16,19,21-23,29H,6,9-14,28H2,1-3H3,(H,30,33)(H,31,34)(H,36,37). The van der Waals surface area contributed by atoms with Gasteiger partial charge in [-0.2, -0.15) is 11.8 Å². The molecule has 10 nitrogen and oxygen atoms in total. The third-order valence-corrected chi connectivity index (χ3v) is 7.48. The van der Waals surface area contributed by atoms with E-state index in [0.717, 1.165) is 16.5 Å². The Morgan fingerprint density at radius 3 is 2.61 bits per heavy atom. The maximum absolute atomic E-state index is 13.5. The van der Waals surface area contributed by atoms with E-state index in [1.165, 1.54) is 4.90 Å². The summed E-state index contributed by atoms with van der Waals surface area (Å²) in [7, 11) is 0. The van der Waals surface area contributed by atoms with E-state index >= 15 is 0 Å². The molecule has 1 fully saturated rings. The van der Waals surface area contributed by atoms with Crippen molar-refractivity contribution in [1.82, 2.24) is 20.5 Å². The summed E-state index contributed by atoms with van der Waals surface area (Å²) in [5.41, 5.74) is 7.70. The zero-order valence-electron chi connectivity index (χ0n) is 22.2. The Bertz CT molecular complexity index is 1140. The number of hydrogen-bond donors (Lipinski definition) is 5. The van der Waals surface area contributed by atoms with Gasteiger partial charge in [0.25, 0.3) is 0 Å². The molecular weight excluding hydrogens is 506 g/mol. The highest BCUT2D eigenvalue weighted by Crippen LogP contribution is 2.22. The van der Waals surface area contributed by atoms with Gasteiger partial charge in [-0.1, -0.05) is 32.0 Å². The largest absolute Gasteiger partial charge is 0.480 e. The minimum Gasteiger partial charge on any atom is -0.480 e. The number of carbonyl (C=O) groups excluding carboxylic acids is 3. The van der Waals surface area contributed by atoms with Gasteiger partial charge in [-0.25, -0.2) is 4.79 Å². The summed E-state index contributed by atoms with van der Waals surface area (Å²) in [6, 6.07) is 4.08. The van der Waals surface area contributed by atoms with E-state index in [4.69, 9.17) is 5.73 Å². The number of H-pyrrole nitrogens is 1. The number of aliphatic carboxylic acids is 1. The van der Waals surface area contributed by atoms with Gasteiger partial charge in [0.1, 0.15) is 18.1 Å². The molecule has 2 heterocycles. The average Bonchev–Trinajstić information content (AvgIpc) is 3.53. The van der Waals surface area contributed by atoms with E-state index in [-0.39, 0.29) is 24.2 Å². The Hall–Kier alpha value is -3.05. The highest BCUT2D eigenvalue weighted by atomic mass is 32.2. The van der Waals surface area contributed by atoms with Crippen LogP contribution in [0.25, 0.3) is 10.9 Å². The highest BCUT2D eigenvalue weighted by molar-refractivity contribution is 7.98. The summed E-state index contributed by atoms with van der Waals surface area (Å²) in [4.78, 5) is 56.1. The first kappa shape index (κ1) is 29.5. The van der Waals surface area contributed by atoms with Crippen LogP contribution in [0.2, 0.25) is 0 Å². The van der Waals surface area contributed by atoms with Crippen molar-refractivity contribution < 1.29 is 24.3 Å². The van der Waals surface area contributed by atoms with Crippen LogP contribution >= 0.6 is 11.8 Å². The number of aromatic nitrogens is 1. The van der Waals surface area contributed by atoms with Crippen LogP contribution in [0, 0.1) is 5.92 Å². The molecule has 4 atom stereocenters. The maximum Gasteiger partial charge on any atom is 0.326 e. The summed E-state index contributed by atoms with van der Waals surface area (Å²) in [6.07, 6.45) is 5.71. The van der Waals surface area contributed by atoms with Gasteiger partial charge in [0.05, 0.1) is 6.04 Å². The Balaban J connectivity index is 1.70. The Morgan fingerprint density at radius 1 is 1.18 bits per heavy atom. The van der Waals surface area contributed by atoms with Crippen LogP contribution in [0.3, 0.4) is 0 Å². The number of rotatable bonds is 13. The van der Waals surface area contributed by atoms with E-state index in [0.29, 0.717) is 38.0 Å². The quantitative estimate of drug-likeness (QED) is 0.257. The second kappa shape index (κ2) is 13.7. The Kier molecular flexibility index (Phi) is 10.6. The molecule has 1 aromatic heterocycles. The summed E-state index contributed by atoms with van der Waals surface area (Å²) < 4.78 is 0. The molecule has 3 rings (SSSR count). The molecule has 2 aromatic rings. The zero-order chi connectivity index (χ0) is 27.8. The van der Waals surface area contributed by atoms with E-state index in [1.54, 1.807) is 18.0 Å².